The zero-order valence-electron chi connectivity index (χ0n) is 24.1. The number of ether oxygens (including phenoxy) is 4. The Morgan fingerprint density at radius 2 is 1.39 bits per heavy atom. The van der Waals surface area contributed by atoms with Gasteiger partial charge in [-0.25, -0.2) is 0 Å². The summed E-state index contributed by atoms with van der Waals surface area (Å²) in [5, 5.41) is 3.10. The quantitative estimate of drug-likeness (QED) is 0.239. The fraction of sp³-hybridized carbons (Fsp3) is 0.655. The first-order chi connectivity index (χ1) is 17.8. The lowest BCUT2D eigenvalue weighted by atomic mass is 10.0. The van der Waals surface area contributed by atoms with Crippen LogP contribution >= 0.6 is 0 Å². The molecule has 0 fully saturated rings. The summed E-state index contributed by atoms with van der Waals surface area (Å²) in [5.74, 6) is -0.963. The molecule has 0 aliphatic heterocycles. The monoisotopic (exact) mass is 535 g/mol. The summed E-state index contributed by atoms with van der Waals surface area (Å²) in [6.45, 7) is 13.6. The van der Waals surface area contributed by atoms with Crippen LogP contribution in [0.15, 0.2) is 18.2 Å². The van der Waals surface area contributed by atoms with Crippen LogP contribution in [0.4, 0.5) is 0 Å². The highest BCUT2D eigenvalue weighted by atomic mass is 16.6. The average molecular weight is 536 g/mol. The van der Waals surface area contributed by atoms with E-state index >= 15 is 0 Å². The van der Waals surface area contributed by atoms with Gasteiger partial charge in [0, 0.05) is 25.8 Å². The molecule has 2 unspecified atom stereocenters. The molecule has 1 rings (SSSR count). The fourth-order valence-electron chi connectivity index (χ4n) is 3.51. The number of benzene rings is 1. The number of carbonyl (C=O) groups is 4. The van der Waals surface area contributed by atoms with E-state index in [1.54, 1.807) is 25.1 Å². The van der Waals surface area contributed by atoms with Crippen molar-refractivity contribution in [1.29, 1.82) is 0 Å². The summed E-state index contributed by atoms with van der Waals surface area (Å²) in [6, 6.07) is 4.09. The maximum absolute atomic E-state index is 12.5. The van der Waals surface area contributed by atoms with E-state index in [9.17, 15) is 19.2 Å². The smallest absolute Gasteiger partial charge is 0.323 e. The minimum Gasteiger partial charge on any atom is -0.468 e. The zero-order valence-corrected chi connectivity index (χ0v) is 24.1. The Morgan fingerprint density at radius 1 is 0.816 bits per heavy atom. The van der Waals surface area contributed by atoms with E-state index in [2.05, 4.69) is 5.32 Å². The number of hydrogen-bond acceptors (Lipinski definition) is 9. The van der Waals surface area contributed by atoms with E-state index in [4.69, 9.17) is 18.9 Å². The number of esters is 4. The topological polar surface area (TPSA) is 117 Å². The van der Waals surface area contributed by atoms with E-state index in [0.29, 0.717) is 12.0 Å². The molecule has 1 N–H and O–H groups in total. The number of methoxy groups -OCH3 is 1. The largest absolute Gasteiger partial charge is 0.468 e. The highest BCUT2D eigenvalue weighted by Gasteiger charge is 2.23. The lowest BCUT2D eigenvalue weighted by Crippen LogP contribution is -2.43. The predicted molar refractivity (Wildman–Crippen MR) is 144 cm³/mol. The number of hydrogen-bond donors (Lipinski definition) is 1. The highest BCUT2D eigenvalue weighted by Crippen LogP contribution is 2.30. The Kier molecular flexibility index (Phi) is 14.6. The van der Waals surface area contributed by atoms with E-state index in [1.165, 1.54) is 7.11 Å². The molecule has 1 aromatic carbocycles. The molecule has 38 heavy (non-hydrogen) atoms. The predicted octanol–water partition coefficient (Wildman–Crippen LogP) is 4.63. The van der Waals surface area contributed by atoms with Gasteiger partial charge in [-0.15, -0.1) is 0 Å². The molecule has 0 saturated carbocycles. The van der Waals surface area contributed by atoms with Crippen molar-refractivity contribution in [1.82, 2.24) is 5.32 Å². The standard InChI is InChI=1S/C29H45NO8/c1-9-20(6)14-28(33)36-21(7)17-30-23(29(34)35-8)15-22-10-11-24(37-26(31)12-18(2)3)25(16-22)38-27(32)13-19(4)5/h10-11,16,18-21,23,30H,9,12-15,17H2,1-8H3/t20?,21?,23-/m0/s1. The van der Waals surface area contributed by atoms with Gasteiger partial charge in [0.05, 0.1) is 7.11 Å². The van der Waals surface area contributed by atoms with Crippen molar-refractivity contribution in [2.45, 2.75) is 92.7 Å². The van der Waals surface area contributed by atoms with Crippen LogP contribution in [0, 0.1) is 17.8 Å². The van der Waals surface area contributed by atoms with Gasteiger partial charge in [0.2, 0.25) is 0 Å². The first-order valence-corrected chi connectivity index (χ1v) is 13.4. The normalized spacial score (nSPS) is 13.5. The number of rotatable bonds is 16. The molecule has 214 valence electrons. The lowest BCUT2D eigenvalue weighted by molar-refractivity contribution is -0.149. The van der Waals surface area contributed by atoms with Crippen LogP contribution in [0.2, 0.25) is 0 Å². The number of carbonyl (C=O) groups excluding carboxylic acids is 4. The summed E-state index contributed by atoms with van der Waals surface area (Å²) in [7, 11) is 1.29. The summed E-state index contributed by atoms with van der Waals surface area (Å²) in [6.07, 6.45) is 1.40. The van der Waals surface area contributed by atoms with Crippen LogP contribution in [-0.4, -0.2) is 49.7 Å². The summed E-state index contributed by atoms with van der Waals surface area (Å²) < 4.78 is 21.4. The van der Waals surface area contributed by atoms with Crippen LogP contribution in [0.1, 0.15) is 79.7 Å². The first kappa shape index (κ1) is 33.1. The van der Waals surface area contributed by atoms with Crippen LogP contribution in [0.5, 0.6) is 11.5 Å². The number of nitrogens with one attached hydrogen (secondary N) is 1. The van der Waals surface area contributed by atoms with Gasteiger partial charge >= 0.3 is 23.9 Å². The van der Waals surface area contributed by atoms with Crippen molar-refractivity contribution < 1.29 is 38.1 Å². The summed E-state index contributed by atoms with van der Waals surface area (Å²) in [4.78, 5) is 49.2. The van der Waals surface area contributed by atoms with Gasteiger partial charge in [-0.1, -0.05) is 54.0 Å². The van der Waals surface area contributed by atoms with Gasteiger partial charge < -0.3 is 24.3 Å². The van der Waals surface area contributed by atoms with Crippen molar-refractivity contribution in [2.75, 3.05) is 13.7 Å². The fourth-order valence-corrected chi connectivity index (χ4v) is 3.51. The molecular formula is C29H45NO8. The minimum atomic E-state index is -0.746. The maximum Gasteiger partial charge on any atom is 0.323 e. The van der Waals surface area contributed by atoms with Crippen molar-refractivity contribution in [3.8, 4) is 11.5 Å². The van der Waals surface area contributed by atoms with E-state index < -0.39 is 30.1 Å². The van der Waals surface area contributed by atoms with Crippen molar-refractivity contribution in [3.05, 3.63) is 23.8 Å². The molecule has 0 aliphatic rings. The SMILES string of the molecule is CCC(C)CC(=O)OC(C)CN[C@@H](Cc1ccc(OC(=O)CC(C)C)c(OC(=O)CC(C)C)c1)C(=O)OC. The van der Waals surface area contributed by atoms with E-state index in [0.717, 1.165) is 6.42 Å². The Morgan fingerprint density at radius 3 is 1.92 bits per heavy atom. The van der Waals surface area contributed by atoms with Crippen LogP contribution in [0.3, 0.4) is 0 Å². The van der Waals surface area contributed by atoms with Crippen LogP contribution < -0.4 is 14.8 Å². The van der Waals surface area contributed by atoms with E-state index in [1.807, 2.05) is 41.5 Å². The van der Waals surface area contributed by atoms with Crippen molar-refractivity contribution in [3.63, 3.8) is 0 Å². The van der Waals surface area contributed by atoms with Crippen LogP contribution in [0.25, 0.3) is 0 Å². The molecule has 0 spiro atoms. The second kappa shape index (κ2) is 16.8. The molecule has 0 bridgehead atoms. The molecule has 9 heteroatoms. The van der Waals surface area contributed by atoms with Gasteiger partial charge in [-0.05, 0) is 48.8 Å². The van der Waals surface area contributed by atoms with Gasteiger partial charge in [0.15, 0.2) is 11.5 Å². The second-order valence-electron chi connectivity index (χ2n) is 10.6. The molecule has 0 saturated heterocycles. The van der Waals surface area contributed by atoms with Crippen LogP contribution in [-0.2, 0) is 35.1 Å². The van der Waals surface area contributed by atoms with E-state index in [-0.39, 0.29) is 61.0 Å². The lowest BCUT2D eigenvalue weighted by Gasteiger charge is -2.21. The second-order valence-corrected chi connectivity index (χ2v) is 10.6. The third-order valence-electron chi connectivity index (χ3n) is 5.73. The van der Waals surface area contributed by atoms with Gasteiger partial charge in [0.1, 0.15) is 12.1 Å². The summed E-state index contributed by atoms with van der Waals surface area (Å²) >= 11 is 0. The first-order valence-electron chi connectivity index (χ1n) is 13.4. The molecule has 0 heterocycles. The Hall–Kier alpha value is -2.94. The molecule has 1 aromatic rings. The van der Waals surface area contributed by atoms with Gasteiger partial charge in [-0.2, -0.15) is 0 Å². The molecule has 0 radical (unpaired) electrons. The third-order valence-corrected chi connectivity index (χ3v) is 5.73. The highest BCUT2D eigenvalue weighted by molar-refractivity contribution is 5.77. The molecule has 9 nitrogen and oxygen atoms in total. The van der Waals surface area contributed by atoms with Crippen molar-refractivity contribution in [2.24, 2.45) is 17.8 Å². The molecule has 3 atom stereocenters. The minimum absolute atomic E-state index is 0.0896. The zero-order chi connectivity index (χ0) is 28.8. The third kappa shape index (κ3) is 13.0. The molecule has 0 aromatic heterocycles. The molecular weight excluding hydrogens is 490 g/mol. The van der Waals surface area contributed by atoms with Gasteiger partial charge in [0.25, 0.3) is 0 Å². The Labute approximate surface area is 226 Å². The summed E-state index contributed by atoms with van der Waals surface area (Å²) in [5.41, 5.74) is 0.658. The Bertz CT molecular complexity index is 927. The van der Waals surface area contributed by atoms with Crippen molar-refractivity contribution >= 4 is 23.9 Å². The average Bonchev–Trinajstić information content (AvgIpc) is 2.81. The maximum atomic E-state index is 12.5. The Balaban J connectivity index is 3.02. The molecule has 0 aliphatic carbocycles. The molecule has 0 amide bonds. The van der Waals surface area contributed by atoms with Gasteiger partial charge in [-0.3, -0.25) is 19.2 Å².